The molecule has 0 saturated heterocycles. The van der Waals surface area contributed by atoms with Gasteiger partial charge in [0.15, 0.2) is 0 Å². The molecule has 94 valence electrons. The van der Waals surface area contributed by atoms with E-state index in [-0.39, 0.29) is 0 Å². The molecule has 1 N–H and O–H groups in total. The van der Waals surface area contributed by atoms with Gasteiger partial charge in [0.1, 0.15) is 10.8 Å². The van der Waals surface area contributed by atoms with Crippen molar-refractivity contribution in [1.29, 1.82) is 0 Å². The summed E-state index contributed by atoms with van der Waals surface area (Å²) in [6, 6.07) is 9.57. The van der Waals surface area contributed by atoms with Crippen molar-refractivity contribution in [1.82, 2.24) is 4.98 Å². The molecule has 1 aromatic carbocycles. The lowest BCUT2D eigenvalue weighted by Crippen LogP contribution is -1.97. The zero-order valence-electron chi connectivity index (χ0n) is 10.1. The highest BCUT2D eigenvalue weighted by molar-refractivity contribution is 7.15. The SMILES string of the molecule is Oc1ccccc1-c1nc2c(s1)CCc1sccc1-2. The first-order valence-corrected chi connectivity index (χ1v) is 7.87. The van der Waals surface area contributed by atoms with Crippen LogP contribution in [0.1, 0.15) is 9.75 Å². The summed E-state index contributed by atoms with van der Waals surface area (Å²) in [6.45, 7) is 0. The highest BCUT2D eigenvalue weighted by Crippen LogP contribution is 2.42. The predicted octanol–water partition coefficient (Wildman–Crippen LogP) is 4.34. The number of para-hydroxylation sites is 1. The number of aromatic nitrogens is 1. The third-order valence-electron chi connectivity index (χ3n) is 3.41. The molecule has 1 aliphatic rings. The lowest BCUT2D eigenvalue weighted by Gasteiger charge is -2.09. The van der Waals surface area contributed by atoms with Gasteiger partial charge in [-0.25, -0.2) is 4.98 Å². The van der Waals surface area contributed by atoms with Gasteiger partial charge in [0.25, 0.3) is 0 Å². The summed E-state index contributed by atoms with van der Waals surface area (Å²) < 4.78 is 0. The number of hydrogen-bond donors (Lipinski definition) is 1. The molecule has 0 fully saturated rings. The summed E-state index contributed by atoms with van der Waals surface area (Å²) in [6.07, 6.45) is 2.18. The van der Waals surface area contributed by atoms with Crippen LogP contribution in [0.5, 0.6) is 5.75 Å². The fourth-order valence-corrected chi connectivity index (χ4v) is 4.46. The zero-order valence-corrected chi connectivity index (χ0v) is 11.7. The van der Waals surface area contributed by atoms with Crippen molar-refractivity contribution in [2.45, 2.75) is 12.8 Å². The Labute approximate surface area is 119 Å². The molecule has 19 heavy (non-hydrogen) atoms. The predicted molar refractivity (Wildman–Crippen MR) is 79.9 cm³/mol. The molecule has 0 radical (unpaired) electrons. The van der Waals surface area contributed by atoms with Gasteiger partial charge in [-0.05, 0) is 36.4 Å². The van der Waals surface area contributed by atoms with Crippen molar-refractivity contribution < 1.29 is 5.11 Å². The number of phenols is 1. The molecule has 0 aliphatic heterocycles. The summed E-state index contributed by atoms with van der Waals surface area (Å²) in [4.78, 5) is 7.53. The van der Waals surface area contributed by atoms with Crippen LogP contribution < -0.4 is 0 Å². The van der Waals surface area contributed by atoms with Gasteiger partial charge < -0.3 is 5.11 Å². The lowest BCUT2D eigenvalue weighted by atomic mass is 10.0. The van der Waals surface area contributed by atoms with Gasteiger partial charge in [0.2, 0.25) is 0 Å². The van der Waals surface area contributed by atoms with Crippen LogP contribution in [0.15, 0.2) is 35.7 Å². The smallest absolute Gasteiger partial charge is 0.128 e. The molecule has 2 nitrogen and oxygen atoms in total. The number of nitrogens with zero attached hydrogens (tertiary/aromatic N) is 1. The average Bonchev–Trinajstić information content (AvgIpc) is 3.04. The van der Waals surface area contributed by atoms with Crippen LogP contribution in [0, 0.1) is 0 Å². The van der Waals surface area contributed by atoms with E-state index in [1.54, 1.807) is 17.4 Å². The van der Waals surface area contributed by atoms with Crippen LogP contribution in [-0.2, 0) is 12.8 Å². The molecule has 0 amide bonds. The Morgan fingerprint density at radius 1 is 1.00 bits per heavy atom. The van der Waals surface area contributed by atoms with E-state index in [2.05, 4.69) is 11.4 Å². The Hall–Kier alpha value is -1.65. The standard InChI is InChI=1S/C15H11NOS2/c17-11-4-2-1-3-9(11)15-16-14-10-7-8-18-12(10)5-6-13(14)19-15/h1-4,7-8,17H,5-6H2. The van der Waals surface area contributed by atoms with E-state index in [0.717, 1.165) is 29.1 Å². The second-order valence-corrected chi connectivity index (χ2v) is 6.65. The molecular weight excluding hydrogens is 274 g/mol. The largest absolute Gasteiger partial charge is 0.507 e. The molecule has 1 aliphatic carbocycles. The van der Waals surface area contributed by atoms with Crippen LogP contribution in [-0.4, -0.2) is 10.1 Å². The number of phenolic OH excluding ortho intramolecular Hbond substituents is 1. The molecule has 0 bridgehead atoms. The first kappa shape index (κ1) is 11.2. The molecular formula is C15H11NOS2. The minimum absolute atomic E-state index is 0.305. The molecule has 0 spiro atoms. The van der Waals surface area contributed by atoms with Gasteiger partial charge in [0, 0.05) is 15.3 Å². The second-order valence-electron chi connectivity index (χ2n) is 4.57. The van der Waals surface area contributed by atoms with E-state index in [1.807, 2.05) is 29.5 Å². The maximum atomic E-state index is 9.95. The topological polar surface area (TPSA) is 33.1 Å². The Bertz CT molecular complexity index is 757. The third kappa shape index (κ3) is 1.71. The van der Waals surface area contributed by atoms with Crippen molar-refractivity contribution in [3.63, 3.8) is 0 Å². The van der Waals surface area contributed by atoms with Crippen LogP contribution in [0.2, 0.25) is 0 Å². The monoisotopic (exact) mass is 285 g/mol. The maximum Gasteiger partial charge on any atom is 0.128 e. The maximum absolute atomic E-state index is 9.95. The van der Waals surface area contributed by atoms with E-state index in [1.165, 1.54) is 15.3 Å². The fourth-order valence-electron chi connectivity index (χ4n) is 2.47. The van der Waals surface area contributed by atoms with Gasteiger partial charge in [0.05, 0.1) is 11.3 Å². The molecule has 0 saturated carbocycles. The summed E-state index contributed by atoms with van der Waals surface area (Å²) in [5.74, 6) is 0.305. The molecule has 0 unspecified atom stereocenters. The molecule has 0 atom stereocenters. The van der Waals surface area contributed by atoms with Gasteiger partial charge in [-0.1, -0.05) is 12.1 Å². The van der Waals surface area contributed by atoms with E-state index >= 15 is 0 Å². The summed E-state index contributed by atoms with van der Waals surface area (Å²) in [7, 11) is 0. The fraction of sp³-hybridized carbons (Fsp3) is 0.133. The summed E-state index contributed by atoms with van der Waals surface area (Å²) in [5.41, 5.74) is 3.23. The summed E-state index contributed by atoms with van der Waals surface area (Å²) in [5, 5.41) is 13.0. The van der Waals surface area contributed by atoms with E-state index in [0.29, 0.717) is 5.75 Å². The Morgan fingerprint density at radius 3 is 2.74 bits per heavy atom. The van der Waals surface area contributed by atoms with E-state index < -0.39 is 0 Å². The lowest BCUT2D eigenvalue weighted by molar-refractivity contribution is 0.477. The molecule has 4 rings (SSSR count). The number of thiazole rings is 1. The van der Waals surface area contributed by atoms with Crippen LogP contribution in [0.3, 0.4) is 0 Å². The van der Waals surface area contributed by atoms with Crippen molar-refractivity contribution >= 4 is 22.7 Å². The normalized spacial score (nSPS) is 13.1. The Morgan fingerprint density at radius 2 is 1.84 bits per heavy atom. The van der Waals surface area contributed by atoms with Crippen molar-refractivity contribution in [3.05, 3.63) is 45.5 Å². The van der Waals surface area contributed by atoms with Crippen molar-refractivity contribution in [2.24, 2.45) is 0 Å². The molecule has 3 aromatic rings. The first-order valence-electron chi connectivity index (χ1n) is 6.18. The number of thiophene rings is 1. The van der Waals surface area contributed by atoms with Gasteiger partial charge in [-0.15, -0.1) is 22.7 Å². The average molecular weight is 285 g/mol. The van der Waals surface area contributed by atoms with Gasteiger partial charge in [-0.2, -0.15) is 0 Å². The minimum atomic E-state index is 0.305. The number of aryl methyl sites for hydroxylation is 2. The van der Waals surface area contributed by atoms with Gasteiger partial charge in [-0.3, -0.25) is 0 Å². The van der Waals surface area contributed by atoms with Gasteiger partial charge >= 0.3 is 0 Å². The summed E-state index contributed by atoms with van der Waals surface area (Å²) >= 11 is 3.52. The molecule has 4 heteroatoms. The molecule has 2 heterocycles. The van der Waals surface area contributed by atoms with Crippen molar-refractivity contribution in [3.8, 4) is 27.6 Å². The number of rotatable bonds is 1. The Kier molecular flexibility index (Phi) is 2.47. The van der Waals surface area contributed by atoms with Crippen molar-refractivity contribution in [2.75, 3.05) is 0 Å². The number of benzene rings is 1. The number of aromatic hydroxyl groups is 1. The highest BCUT2D eigenvalue weighted by atomic mass is 32.1. The van der Waals surface area contributed by atoms with Crippen LogP contribution in [0.25, 0.3) is 21.8 Å². The zero-order chi connectivity index (χ0) is 12.8. The number of hydrogen-bond acceptors (Lipinski definition) is 4. The van der Waals surface area contributed by atoms with Crippen LogP contribution in [0.4, 0.5) is 0 Å². The minimum Gasteiger partial charge on any atom is -0.507 e. The Balaban J connectivity index is 1.89. The third-order valence-corrected chi connectivity index (χ3v) is 5.54. The molecule has 2 aromatic heterocycles. The number of fused-ring (bicyclic) bond motifs is 3. The second kappa shape index (κ2) is 4.18. The van der Waals surface area contributed by atoms with Crippen LogP contribution >= 0.6 is 22.7 Å². The first-order chi connectivity index (χ1) is 9.33. The van der Waals surface area contributed by atoms with E-state index in [9.17, 15) is 5.11 Å². The van der Waals surface area contributed by atoms with E-state index in [4.69, 9.17) is 4.98 Å². The quantitative estimate of drug-likeness (QED) is 0.721. The highest BCUT2D eigenvalue weighted by Gasteiger charge is 2.22.